The van der Waals surface area contributed by atoms with Gasteiger partial charge in [-0.2, -0.15) is 8.42 Å². The zero-order valence-corrected chi connectivity index (χ0v) is 13.4. The molecule has 0 saturated heterocycles. The first-order valence-corrected chi connectivity index (χ1v) is 8.15. The molecule has 2 rings (SSSR count). The maximum absolute atomic E-state index is 12.3. The van der Waals surface area contributed by atoms with Gasteiger partial charge in [-0.05, 0) is 42.8 Å². The Kier molecular flexibility index (Phi) is 4.86. The van der Waals surface area contributed by atoms with Crippen molar-refractivity contribution in [3.05, 3.63) is 47.5 Å². The highest BCUT2D eigenvalue weighted by Gasteiger charge is 2.17. The molecule has 0 fully saturated rings. The van der Waals surface area contributed by atoms with Gasteiger partial charge in [0.2, 0.25) is 6.41 Å². The van der Waals surface area contributed by atoms with Crippen molar-refractivity contribution in [1.29, 1.82) is 0 Å². The molecule has 8 nitrogen and oxygen atoms in total. The number of hydrogen-bond donors (Lipinski definition) is 4. The fourth-order valence-electron chi connectivity index (χ4n) is 2.05. The smallest absolute Gasteiger partial charge is 0.294 e. The van der Waals surface area contributed by atoms with Crippen LogP contribution in [0.5, 0.6) is 0 Å². The highest BCUT2D eigenvalue weighted by molar-refractivity contribution is 7.85. The van der Waals surface area contributed by atoms with Gasteiger partial charge in [0.15, 0.2) is 0 Å². The van der Waals surface area contributed by atoms with Gasteiger partial charge in [-0.3, -0.25) is 14.1 Å². The van der Waals surface area contributed by atoms with Crippen molar-refractivity contribution in [1.82, 2.24) is 0 Å². The number of rotatable bonds is 5. The summed E-state index contributed by atoms with van der Waals surface area (Å²) in [5.41, 5.74) is 6.99. The molecule has 0 atom stereocenters. The fourth-order valence-corrected chi connectivity index (χ4v) is 2.59. The van der Waals surface area contributed by atoms with E-state index in [1.165, 1.54) is 12.1 Å². The molecule has 0 aliphatic heterocycles. The normalized spacial score (nSPS) is 10.9. The lowest BCUT2D eigenvalue weighted by Gasteiger charge is -2.14. The number of nitrogens with one attached hydrogen (secondary N) is 2. The first-order valence-electron chi connectivity index (χ1n) is 6.71. The highest BCUT2D eigenvalue weighted by atomic mass is 32.2. The van der Waals surface area contributed by atoms with E-state index in [9.17, 15) is 22.6 Å². The number of carbonyl (C=O) groups is 2. The first kappa shape index (κ1) is 17.4. The summed E-state index contributed by atoms with van der Waals surface area (Å²) in [6.45, 7) is 1.58. The number of benzene rings is 2. The monoisotopic (exact) mass is 349 g/mol. The maximum Gasteiger partial charge on any atom is 0.294 e. The van der Waals surface area contributed by atoms with Crippen molar-refractivity contribution in [3.63, 3.8) is 0 Å². The second-order valence-electron chi connectivity index (χ2n) is 4.96. The molecule has 2 aromatic carbocycles. The van der Waals surface area contributed by atoms with Crippen LogP contribution in [-0.4, -0.2) is 25.3 Å². The Morgan fingerprint density at radius 1 is 1.21 bits per heavy atom. The Balaban J connectivity index is 2.47. The van der Waals surface area contributed by atoms with E-state index >= 15 is 0 Å². The molecule has 0 saturated carbocycles. The summed E-state index contributed by atoms with van der Waals surface area (Å²) < 4.78 is 31.9. The third-order valence-corrected chi connectivity index (χ3v) is 4.12. The van der Waals surface area contributed by atoms with Crippen molar-refractivity contribution in [2.45, 2.75) is 11.8 Å². The molecule has 2 amide bonds. The molecule has 0 spiro atoms. The molecular formula is C15H15N3O5S. The average Bonchev–Trinajstić information content (AvgIpc) is 2.50. The number of hydrogen-bond acceptors (Lipinski definition) is 5. The van der Waals surface area contributed by atoms with Crippen LogP contribution in [0.15, 0.2) is 41.3 Å². The highest BCUT2D eigenvalue weighted by Crippen LogP contribution is 2.28. The van der Waals surface area contributed by atoms with Gasteiger partial charge in [0, 0.05) is 22.6 Å². The SMILES string of the molecule is Cc1c(NC=O)cc(S(=O)(=O)O)cc1NC(=O)c1cccc(N)c1. The molecule has 0 heterocycles. The van der Waals surface area contributed by atoms with E-state index < -0.39 is 20.9 Å². The molecule has 2 aromatic rings. The number of nitrogens with two attached hydrogens (primary N) is 1. The fraction of sp³-hybridized carbons (Fsp3) is 0.0667. The van der Waals surface area contributed by atoms with Gasteiger partial charge in [0.05, 0.1) is 4.90 Å². The van der Waals surface area contributed by atoms with Gasteiger partial charge in [-0.1, -0.05) is 6.07 Å². The standard InChI is InChI=1S/C15H15N3O5S/c1-9-13(17-8-19)6-12(24(21,22)23)7-14(9)18-15(20)10-3-2-4-11(16)5-10/h2-8H,16H2,1H3,(H,17,19)(H,18,20)(H,21,22,23). The van der Waals surface area contributed by atoms with Gasteiger partial charge in [-0.25, -0.2) is 0 Å². The van der Waals surface area contributed by atoms with Crippen LogP contribution in [0, 0.1) is 6.92 Å². The third kappa shape index (κ3) is 3.89. The summed E-state index contributed by atoms with van der Waals surface area (Å²) in [5.74, 6) is -0.519. The van der Waals surface area contributed by atoms with E-state index in [-0.39, 0.29) is 16.9 Å². The maximum atomic E-state index is 12.3. The van der Waals surface area contributed by atoms with E-state index in [2.05, 4.69) is 10.6 Å². The van der Waals surface area contributed by atoms with Gasteiger partial charge in [-0.15, -0.1) is 0 Å². The van der Waals surface area contributed by atoms with Crippen LogP contribution in [0.25, 0.3) is 0 Å². The molecule has 9 heteroatoms. The minimum absolute atomic E-state index is 0.127. The Morgan fingerprint density at radius 3 is 2.46 bits per heavy atom. The Hall–Kier alpha value is -2.91. The third-order valence-electron chi connectivity index (χ3n) is 3.29. The van der Waals surface area contributed by atoms with Crippen LogP contribution in [0.3, 0.4) is 0 Å². The Labute approximate surface area is 138 Å². The second-order valence-corrected chi connectivity index (χ2v) is 6.38. The zero-order valence-electron chi connectivity index (χ0n) is 12.6. The lowest BCUT2D eigenvalue weighted by molar-refractivity contribution is -0.105. The number of anilines is 3. The summed E-state index contributed by atoms with van der Waals surface area (Å²) in [6.07, 6.45) is 0.361. The largest absolute Gasteiger partial charge is 0.399 e. The first-order chi connectivity index (χ1) is 11.2. The minimum Gasteiger partial charge on any atom is -0.399 e. The quantitative estimate of drug-likeness (QED) is 0.368. The van der Waals surface area contributed by atoms with Crippen molar-refractivity contribution in [2.24, 2.45) is 0 Å². The van der Waals surface area contributed by atoms with Crippen LogP contribution in [-0.2, 0) is 14.9 Å². The summed E-state index contributed by atoms with van der Waals surface area (Å²) in [5, 5.41) is 4.86. The van der Waals surface area contributed by atoms with Crippen LogP contribution >= 0.6 is 0 Å². The Morgan fingerprint density at radius 2 is 1.88 bits per heavy atom. The van der Waals surface area contributed by atoms with E-state index in [1.807, 2.05) is 0 Å². The molecule has 0 bridgehead atoms. The molecule has 0 radical (unpaired) electrons. The number of amides is 2. The van der Waals surface area contributed by atoms with Crippen molar-refractivity contribution >= 4 is 39.5 Å². The van der Waals surface area contributed by atoms with Crippen molar-refractivity contribution in [3.8, 4) is 0 Å². The minimum atomic E-state index is -4.52. The average molecular weight is 349 g/mol. The zero-order chi connectivity index (χ0) is 17.9. The molecule has 5 N–H and O–H groups in total. The van der Waals surface area contributed by atoms with Gasteiger partial charge < -0.3 is 16.4 Å². The molecule has 126 valence electrons. The number of carbonyl (C=O) groups excluding carboxylic acids is 2. The van der Waals surface area contributed by atoms with Crippen molar-refractivity contribution in [2.75, 3.05) is 16.4 Å². The predicted molar refractivity (Wildman–Crippen MR) is 89.5 cm³/mol. The van der Waals surface area contributed by atoms with Crippen molar-refractivity contribution < 1.29 is 22.6 Å². The van der Waals surface area contributed by atoms with Crippen LogP contribution in [0.2, 0.25) is 0 Å². The van der Waals surface area contributed by atoms with Crippen LogP contribution in [0.1, 0.15) is 15.9 Å². The van der Waals surface area contributed by atoms with Crippen LogP contribution in [0.4, 0.5) is 17.1 Å². The van der Waals surface area contributed by atoms with Gasteiger partial charge in [0.25, 0.3) is 16.0 Å². The molecule has 0 aliphatic rings. The summed E-state index contributed by atoms with van der Waals surface area (Å²) >= 11 is 0. The molecular weight excluding hydrogens is 334 g/mol. The van der Waals surface area contributed by atoms with Crippen LogP contribution < -0.4 is 16.4 Å². The molecule has 0 unspecified atom stereocenters. The second kappa shape index (κ2) is 6.69. The summed E-state index contributed by atoms with van der Waals surface area (Å²) in [7, 11) is -4.52. The lowest BCUT2D eigenvalue weighted by atomic mass is 10.1. The van der Waals surface area contributed by atoms with Gasteiger partial charge >= 0.3 is 0 Å². The van der Waals surface area contributed by atoms with Gasteiger partial charge in [0.1, 0.15) is 0 Å². The number of nitrogen functional groups attached to an aromatic ring is 1. The predicted octanol–water partition coefficient (Wildman–Crippen LogP) is 1.64. The Bertz CT molecular complexity index is 909. The summed E-state index contributed by atoms with van der Waals surface area (Å²) in [6, 6.07) is 8.42. The molecule has 0 aliphatic carbocycles. The molecule has 24 heavy (non-hydrogen) atoms. The van der Waals surface area contributed by atoms with E-state index in [0.717, 1.165) is 12.1 Å². The molecule has 0 aromatic heterocycles. The van der Waals surface area contributed by atoms with E-state index in [4.69, 9.17) is 5.73 Å². The topological polar surface area (TPSA) is 139 Å². The summed E-state index contributed by atoms with van der Waals surface area (Å²) in [4.78, 5) is 22.5. The lowest BCUT2D eigenvalue weighted by Crippen LogP contribution is -2.14. The van der Waals surface area contributed by atoms with E-state index in [1.54, 1.807) is 19.1 Å². The van der Waals surface area contributed by atoms with E-state index in [0.29, 0.717) is 17.7 Å².